The molecule has 0 saturated heterocycles. The second kappa shape index (κ2) is 5.65. The van der Waals surface area contributed by atoms with Crippen molar-refractivity contribution in [2.45, 2.75) is 58.8 Å². The van der Waals surface area contributed by atoms with Crippen LogP contribution < -0.4 is 0 Å². The topological polar surface area (TPSA) is 15.6 Å². The molecule has 1 unspecified atom stereocenters. The number of amidine groups is 1. The van der Waals surface area contributed by atoms with Gasteiger partial charge in [-0.2, -0.15) is 0 Å². The molecule has 2 nitrogen and oxygen atoms in total. The van der Waals surface area contributed by atoms with Crippen molar-refractivity contribution in [3.8, 4) is 0 Å². The number of hydrogen-bond donors (Lipinski definition) is 0. The van der Waals surface area contributed by atoms with Gasteiger partial charge < -0.3 is 0 Å². The van der Waals surface area contributed by atoms with Crippen LogP contribution in [0.5, 0.6) is 0 Å². The Bertz CT molecular complexity index is 256. The average molecular weight is 338 g/mol. The third kappa shape index (κ3) is 5.46. The Morgan fingerprint density at radius 2 is 1.75 bits per heavy atom. The van der Waals surface area contributed by atoms with Crippen molar-refractivity contribution in [1.82, 2.24) is 2.89 Å². The minimum atomic E-state index is -4.19. The van der Waals surface area contributed by atoms with Crippen LogP contribution in [0.3, 0.4) is 0 Å². The first kappa shape index (κ1) is 16.1. The van der Waals surface area contributed by atoms with Gasteiger partial charge in [-0.15, -0.1) is 0 Å². The van der Waals surface area contributed by atoms with Gasteiger partial charge in [0, 0.05) is 0 Å². The standard InChI is InChI=1S/C10H18F3N2.In/c1-6-8(15-9(3,4)5)14-7(2)10(11,12)13;/h7H,6H2,1-5H3;/q-1;+1. The number of rotatable bonds is 2. The summed E-state index contributed by atoms with van der Waals surface area (Å²) in [5, 5.41) is 0. The molecule has 0 aliphatic heterocycles. The van der Waals surface area contributed by atoms with Crippen LogP contribution in [0.1, 0.15) is 41.0 Å². The molecule has 0 fully saturated rings. The fraction of sp³-hybridized carbons (Fsp3) is 0.900. The number of hydrogen-bond acceptors (Lipinski definition) is 1. The predicted molar refractivity (Wildman–Crippen MR) is 60.6 cm³/mol. The Labute approximate surface area is 110 Å². The van der Waals surface area contributed by atoms with Crippen molar-refractivity contribution in [3.05, 3.63) is 0 Å². The molecule has 0 saturated carbocycles. The summed E-state index contributed by atoms with van der Waals surface area (Å²) in [7, 11) is 0. The molecule has 0 aromatic carbocycles. The normalized spacial score (nSPS) is 16.1. The van der Waals surface area contributed by atoms with E-state index in [-0.39, 0.29) is 5.54 Å². The molecule has 0 spiro atoms. The van der Waals surface area contributed by atoms with E-state index in [1.54, 1.807) is 0 Å². The molecular formula is C10H18F3InN2. The molecule has 0 amide bonds. The predicted octanol–water partition coefficient (Wildman–Crippen LogP) is 2.93. The van der Waals surface area contributed by atoms with Crippen LogP contribution in [0.4, 0.5) is 13.2 Å². The maximum absolute atomic E-state index is 12.6. The van der Waals surface area contributed by atoms with E-state index in [0.29, 0.717) is 36.9 Å². The van der Waals surface area contributed by atoms with Crippen molar-refractivity contribution < 1.29 is 13.2 Å². The third-order valence-corrected chi connectivity index (χ3v) is 4.10. The SMILES string of the molecule is CCC(=NC(C)(C)C)[N]([In])C(C)C(F)(F)F. The number of nitrogens with zero attached hydrogens (tertiary/aromatic N) is 2. The Morgan fingerprint density at radius 1 is 1.31 bits per heavy atom. The summed E-state index contributed by atoms with van der Waals surface area (Å²) in [6.07, 6.45) is -3.66. The van der Waals surface area contributed by atoms with Gasteiger partial charge >= 0.3 is 110 Å². The molecule has 2 radical (unpaired) electrons. The quantitative estimate of drug-likeness (QED) is 0.558. The van der Waals surface area contributed by atoms with Gasteiger partial charge in [0.1, 0.15) is 0 Å². The van der Waals surface area contributed by atoms with E-state index in [4.69, 9.17) is 0 Å². The van der Waals surface area contributed by atoms with E-state index in [0.717, 1.165) is 0 Å². The molecule has 0 rings (SSSR count). The molecule has 0 aromatic heterocycles. The Morgan fingerprint density at radius 3 is 2.00 bits per heavy atom. The minimum absolute atomic E-state index is 0.335. The fourth-order valence-electron chi connectivity index (χ4n) is 1.09. The van der Waals surface area contributed by atoms with Gasteiger partial charge in [0.2, 0.25) is 0 Å². The molecule has 0 aliphatic carbocycles. The van der Waals surface area contributed by atoms with Gasteiger partial charge in [-0.1, -0.05) is 0 Å². The van der Waals surface area contributed by atoms with E-state index in [1.165, 1.54) is 9.81 Å². The second-order valence-corrected chi connectivity index (χ2v) is 6.27. The number of aliphatic imine (C=N–C) groups is 1. The number of alkyl halides is 3. The van der Waals surface area contributed by atoms with Gasteiger partial charge in [-0.25, -0.2) is 0 Å². The van der Waals surface area contributed by atoms with Crippen molar-refractivity contribution in [3.63, 3.8) is 0 Å². The summed E-state index contributed by atoms with van der Waals surface area (Å²) in [6.45, 7) is 8.66. The summed E-state index contributed by atoms with van der Waals surface area (Å²) >= 11 is 0.394. The van der Waals surface area contributed by atoms with E-state index in [1.807, 2.05) is 27.7 Å². The Balaban J connectivity index is 4.94. The Hall–Kier alpha value is 0.130. The van der Waals surface area contributed by atoms with Gasteiger partial charge in [0.05, 0.1) is 0 Å². The molecule has 0 N–H and O–H groups in total. The van der Waals surface area contributed by atoms with E-state index < -0.39 is 12.2 Å². The first-order valence-electron chi connectivity index (χ1n) is 5.18. The van der Waals surface area contributed by atoms with Crippen LogP contribution in [0.25, 0.3) is 0 Å². The molecule has 1 atom stereocenters. The van der Waals surface area contributed by atoms with Crippen molar-refractivity contribution in [2.75, 3.05) is 0 Å². The van der Waals surface area contributed by atoms with E-state index in [9.17, 15) is 13.2 Å². The van der Waals surface area contributed by atoms with Crippen molar-refractivity contribution in [1.29, 1.82) is 0 Å². The van der Waals surface area contributed by atoms with Crippen LogP contribution in [-0.4, -0.2) is 51.1 Å². The van der Waals surface area contributed by atoms with Crippen molar-refractivity contribution >= 4 is 30.5 Å². The molecule has 92 valence electrons. The summed E-state index contributed by atoms with van der Waals surface area (Å²) in [5.74, 6) is 0.541. The number of halogens is 3. The van der Waals surface area contributed by atoms with Crippen LogP contribution >= 0.6 is 0 Å². The average Bonchev–Trinajstić information content (AvgIpc) is 2.08. The Kier molecular flexibility index (Phi) is 5.69. The first-order valence-corrected chi connectivity index (χ1v) is 6.65. The summed E-state index contributed by atoms with van der Waals surface area (Å²) in [4.78, 5) is 4.34. The summed E-state index contributed by atoms with van der Waals surface area (Å²) in [6, 6.07) is -1.45. The van der Waals surface area contributed by atoms with Gasteiger partial charge in [-0.05, 0) is 0 Å². The monoisotopic (exact) mass is 338 g/mol. The molecular weight excluding hydrogens is 320 g/mol. The van der Waals surface area contributed by atoms with Crippen LogP contribution in [0.2, 0.25) is 0 Å². The zero-order chi connectivity index (χ0) is 13.1. The maximum atomic E-state index is 12.6. The molecule has 0 aliphatic rings. The zero-order valence-corrected chi connectivity index (χ0v) is 13.7. The van der Waals surface area contributed by atoms with Crippen LogP contribution in [-0.2, 0) is 0 Å². The first-order chi connectivity index (χ1) is 6.99. The van der Waals surface area contributed by atoms with Crippen LogP contribution in [0, 0.1) is 0 Å². The molecule has 0 aromatic rings. The van der Waals surface area contributed by atoms with E-state index in [2.05, 4.69) is 4.99 Å². The summed E-state index contributed by atoms with van der Waals surface area (Å²) < 4.78 is 39.0. The van der Waals surface area contributed by atoms with E-state index >= 15 is 0 Å². The molecule has 16 heavy (non-hydrogen) atoms. The van der Waals surface area contributed by atoms with Gasteiger partial charge in [-0.3, -0.25) is 0 Å². The second-order valence-electron chi connectivity index (χ2n) is 4.68. The fourth-order valence-corrected chi connectivity index (χ4v) is 2.26. The third-order valence-electron chi connectivity index (χ3n) is 1.97. The molecule has 6 heteroatoms. The van der Waals surface area contributed by atoms with Gasteiger partial charge in [0.15, 0.2) is 0 Å². The molecule has 0 heterocycles. The summed E-state index contributed by atoms with van der Waals surface area (Å²) in [5.41, 5.74) is -0.335. The van der Waals surface area contributed by atoms with Gasteiger partial charge in [0.25, 0.3) is 0 Å². The molecule has 0 bridgehead atoms. The zero-order valence-electron chi connectivity index (χ0n) is 10.4. The van der Waals surface area contributed by atoms with Crippen molar-refractivity contribution in [2.24, 2.45) is 4.99 Å². The van der Waals surface area contributed by atoms with Crippen LogP contribution in [0.15, 0.2) is 4.99 Å².